The topological polar surface area (TPSA) is 120 Å². The molecule has 9 heteroatoms. The quantitative estimate of drug-likeness (QED) is 0.794. The van der Waals surface area contributed by atoms with E-state index in [2.05, 4.69) is 20.4 Å². The normalized spacial score (nSPS) is 12.2. The van der Waals surface area contributed by atoms with Crippen LogP contribution >= 0.6 is 0 Å². The summed E-state index contributed by atoms with van der Waals surface area (Å²) in [7, 11) is -3.89. The molecular formula is C8H12N6O2S. The second-order valence-corrected chi connectivity index (χ2v) is 5.24. The lowest BCUT2D eigenvalue weighted by atomic mass is 10.3. The summed E-state index contributed by atoms with van der Waals surface area (Å²) in [4.78, 5) is 0. The van der Waals surface area contributed by atoms with Gasteiger partial charge in [-0.15, -0.1) is 10.2 Å². The molecule has 0 aliphatic heterocycles. The molecule has 2 rings (SSSR count). The van der Waals surface area contributed by atoms with Crippen LogP contribution in [-0.4, -0.2) is 33.4 Å². The number of nitrogens with one attached hydrogen (secondary N) is 1. The Morgan fingerprint density at radius 2 is 2.12 bits per heavy atom. The molecule has 92 valence electrons. The van der Waals surface area contributed by atoms with Gasteiger partial charge in [-0.3, -0.25) is 9.67 Å². The molecule has 2 aromatic rings. The molecule has 0 unspecified atom stereocenters. The van der Waals surface area contributed by atoms with E-state index in [4.69, 9.17) is 5.14 Å². The molecule has 0 aromatic carbocycles. The number of hydrogen-bond donors (Lipinski definition) is 2. The highest BCUT2D eigenvalue weighted by atomic mass is 32.2. The van der Waals surface area contributed by atoms with Crippen molar-refractivity contribution in [3.8, 4) is 11.5 Å². The number of sulfonamides is 1. The van der Waals surface area contributed by atoms with Crippen LogP contribution in [0.4, 0.5) is 0 Å². The zero-order valence-electron chi connectivity index (χ0n) is 9.32. The lowest BCUT2D eigenvalue weighted by Gasteiger charge is -2.11. The van der Waals surface area contributed by atoms with Crippen LogP contribution in [0.3, 0.4) is 0 Å². The van der Waals surface area contributed by atoms with Crippen LogP contribution in [0, 0.1) is 0 Å². The summed E-state index contributed by atoms with van der Waals surface area (Å²) in [5, 5.41) is 18.8. The molecule has 0 spiro atoms. The van der Waals surface area contributed by atoms with Crippen molar-refractivity contribution in [1.29, 1.82) is 0 Å². The zero-order chi connectivity index (χ0) is 12.6. The van der Waals surface area contributed by atoms with E-state index in [0.717, 1.165) is 0 Å². The van der Waals surface area contributed by atoms with E-state index in [1.807, 2.05) is 13.8 Å². The highest BCUT2D eigenvalue weighted by molar-refractivity contribution is 7.89. The van der Waals surface area contributed by atoms with E-state index in [0.29, 0.717) is 11.5 Å². The first-order valence-electron chi connectivity index (χ1n) is 4.88. The van der Waals surface area contributed by atoms with Crippen LogP contribution in [0.25, 0.3) is 11.5 Å². The highest BCUT2D eigenvalue weighted by Crippen LogP contribution is 2.21. The highest BCUT2D eigenvalue weighted by Gasteiger charge is 2.24. The van der Waals surface area contributed by atoms with E-state index in [9.17, 15) is 8.42 Å². The Hall–Kier alpha value is -1.74. The summed E-state index contributed by atoms with van der Waals surface area (Å²) in [6.45, 7) is 3.63. The lowest BCUT2D eigenvalue weighted by molar-refractivity contribution is 0.524. The Balaban J connectivity index is 2.68. The van der Waals surface area contributed by atoms with Crippen LogP contribution in [-0.2, 0) is 10.0 Å². The molecule has 0 bridgehead atoms. The number of aromatic amines is 1. The Bertz CT molecular complexity index is 612. The molecule has 0 saturated heterocycles. The lowest BCUT2D eigenvalue weighted by Crippen LogP contribution is -2.20. The minimum atomic E-state index is -3.89. The van der Waals surface area contributed by atoms with Gasteiger partial charge in [-0.1, -0.05) is 0 Å². The Morgan fingerprint density at radius 3 is 2.59 bits per heavy atom. The van der Waals surface area contributed by atoms with Crippen molar-refractivity contribution >= 4 is 10.0 Å². The van der Waals surface area contributed by atoms with Crippen LogP contribution in [0.15, 0.2) is 17.4 Å². The molecule has 2 heterocycles. The summed E-state index contributed by atoms with van der Waals surface area (Å²) in [5.41, 5.74) is 0.584. The predicted molar refractivity (Wildman–Crippen MR) is 59.4 cm³/mol. The predicted octanol–water partition coefficient (Wildman–Crippen LogP) is -0.104. The minimum Gasteiger partial charge on any atom is -0.293 e. The molecule has 2 aromatic heterocycles. The van der Waals surface area contributed by atoms with Crippen molar-refractivity contribution in [2.75, 3.05) is 0 Å². The van der Waals surface area contributed by atoms with Gasteiger partial charge in [0.05, 0.1) is 0 Å². The zero-order valence-corrected chi connectivity index (χ0v) is 10.1. The molecule has 0 saturated carbocycles. The Morgan fingerprint density at radius 1 is 1.41 bits per heavy atom. The van der Waals surface area contributed by atoms with Gasteiger partial charge in [-0.2, -0.15) is 5.10 Å². The van der Waals surface area contributed by atoms with Crippen molar-refractivity contribution in [2.45, 2.75) is 25.0 Å². The van der Waals surface area contributed by atoms with Gasteiger partial charge in [0, 0.05) is 12.2 Å². The maximum atomic E-state index is 11.4. The third kappa shape index (κ3) is 2.06. The molecular weight excluding hydrogens is 244 g/mol. The first-order valence-corrected chi connectivity index (χ1v) is 6.43. The van der Waals surface area contributed by atoms with Gasteiger partial charge in [0.25, 0.3) is 15.2 Å². The fourth-order valence-corrected chi connectivity index (χ4v) is 2.23. The third-order valence-electron chi connectivity index (χ3n) is 2.18. The second-order valence-electron chi connectivity index (χ2n) is 3.79. The van der Waals surface area contributed by atoms with Crippen LogP contribution in [0.1, 0.15) is 19.9 Å². The molecule has 8 nitrogen and oxygen atoms in total. The van der Waals surface area contributed by atoms with Crippen LogP contribution in [0.5, 0.6) is 0 Å². The van der Waals surface area contributed by atoms with Gasteiger partial charge in [0.15, 0.2) is 5.82 Å². The van der Waals surface area contributed by atoms with Gasteiger partial charge >= 0.3 is 0 Å². The van der Waals surface area contributed by atoms with E-state index in [1.54, 1.807) is 12.3 Å². The summed E-state index contributed by atoms with van der Waals surface area (Å²) < 4.78 is 24.2. The van der Waals surface area contributed by atoms with Crippen molar-refractivity contribution in [3.05, 3.63) is 12.3 Å². The standard InChI is InChI=1S/C8H12N6O2S/c1-5(2)14-7(6-3-4-10-11-6)12-13-8(14)17(9,15)16/h3-5H,1-2H3,(H,10,11)(H2,9,15,16). The minimum absolute atomic E-state index is 0.142. The summed E-state index contributed by atoms with van der Waals surface area (Å²) in [6.07, 6.45) is 1.55. The van der Waals surface area contributed by atoms with Gasteiger partial charge in [-0.05, 0) is 19.9 Å². The molecule has 3 N–H and O–H groups in total. The molecule has 0 radical (unpaired) electrons. The molecule has 0 aliphatic carbocycles. The SMILES string of the molecule is CC(C)n1c(-c2ccn[nH]2)nnc1S(N)(=O)=O. The average Bonchev–Trinajstić information content (AvgIpc) is 2.84. The number of primary sulfonamides is 1. The molecule has 0 aliphatic rings. The first kappa shape index (κ1) is 11.7. The van der Waals surface area contributed by atoms with E-state index < -0.39 is 10.0 Å². The Kier molecular flexibility index (Phi) is 2.71. The molecule has 17 heavy (non-hydrogen) atoms. The fraction of sp³-hybridized carbons (Fsp3) is 0.375. The number of nitrogens with two attached hydrogens (primary N) is 1. The largest absolute Gasteiger partial charge is 0.293 e. The van der Waals surface area contributed by atoms with Crippen LogP contribution < -0.4 is 5.14 Å². The van der Waals surface area contributed by atoms with Crippen molar-refractivity contribution in [1.82, 2.24) is 25.0 Å². The van der Waals surface area contributed by atoms with Gasteiger partial charge in [0.1, 0.15) is 5.69 Å². The smallest absolute Gasteiger partial charge is 0.273 e. The van der Waals surface area contributed by atoms with Crippen molar-refractivity contribution < 1.29 is 8.42 Å². The molecule has 0 atom stereocenters. The summed E-state index contributed by atoms with van der Waals surface area (Å²) in [6, 6.07) is 1.53. The van der Waals surface area contributed by atoms with E-state index >= 15 is 0 Å². The van der Waals surface area contributed by atoms with E-state index in [1.165, 1.54) is 4.57 Å². The van der Waals surface area contributed by atoms with Crippen molar-refractivity contribution in [3.63, 3.8) is 0 Å². The number of rotatable bonds is 3. The number of nitrogens with zero attached hydrogens (tertiary/aromatic N) is 4. The summed E-state index contributed by atoms with van der Waals surface area (Å²) in [5.74, 6) is 0.390. The maximum Gasteiger partial charge on any atom is 0.273 e. The molecule has 0 fully saturated rings. The molecule has 0 amide bonds. The summed E-state index contributed by atoms with van der Waals surface area (Å²) >= 11 is 0. The monoisotopic (exact) mass is 256 g/mol. The number of hydrogen-bond acceptors (Lipinski definition) is 5. The number of aromatic nitrogens is 5. The maximum absolute atomic E-state index is 11.4. The number of H-pyrrole nitrogens is 1. The Labute approximate surface area is 97.9 Å². The van der Waals surface area contributed by atoms with Gasteiger partial charge < -0.3 is 0 Å². The average molecular weight is 256 g/mol. The van der Waals surface area contributed by atoms with Crippen molar-refractivity contribution in [2.24, 2.45) is 5.14 Å². The first-order chi connectivity index (χ1) is 7.91. The second kappa shape index (κ2) is 3.93. The van der Waals surface area contributed by atoms with Gasteiger partial charge in [0.2, 0.25) is 0 Å². The van der Waals surface area contributed by atoms with Crippen LogP contribution in [0.2, 0.25) is 0 Å². The third-order valence-corrected chi connectivity index (χ3v) is 2.96. The van der Waals surface area contributed by atoms with Gasteiger partial charge in [-0.25, -0.2) is 13.6 Å². The van der Waals surface area contributed by atoms with E-state index in [-0.39, 0.29) is 11.2 Å². The fourth-order valence-electron chi connectivity index (χ4n) is 1.50.